The molecule has 0 spiro atoms. The minimum absolute atomic E-state index is 0.0841. The van der Waals surface area contributed by atoms with Crippen LogP contribution in [0, 0.1) is 10.1 Å². The molecule has 9 heteroatoms. The summed E-state index contributed by atoms with van der Waals surface area (Å²) < 4.78 is 16.0. The van der Waals surface area contributed by atoms with Gasteiger partial charge in [-0.2, -0.15) is 5.10 Å². The molecular weight excluding hydrogens is 378 g/mol. The fourth-order valence-electron chi connectivity index (χ4n) is 2.55. The number of ether oxygens (including phenoxy) is 2. The highest BCUT2D eigenvalue weighted by atomic mass is 16.6. The summed E-state index contributed by atoms with van der Waals surface area (Å²) in [4.78, 5) is 22.5. The first kappa shape index (κ1) is 19.6. The van der Waals surface area contributed by atoms with E-state index in [1.807, 2.05) is 0 Å². The van der Waals surface area contributed by atoms with Gasteiger partial charge in [0.2, 0.25) is 0 Å². The summed E-state index contributed by atoms with van der Waals surface area (Å²) in [6, 6.07) is 14.2. The molecule has 3 rings (SSSR count). The monoisotopic (exact) mass is 395 g/mol. The van der Waals surface area contributed by atoms with Gasteiger partial charge in [0.25, 0.3) is 11.6 Å². The van der Waals surface area contributed by atoms with Gasteiger partial charge in [-0.25, -0.2) is 5.43 Å². The van der Waals surface area contributed by atoms with E-state index in [-0.39, 0.29) is 5.69 Å². The van der Waals surface area contributed by atoms with Gasteiger partial charge in [0.05, 0.1) is 37.0 Å². The molecule has 1 N–H and O–H groups in total. The summed E-state index contributed by atoms with van der Waals surface area (Å²) in [5.74, 6) is 1.30. The van der Waals surface area contributed by atoms with Gasteiger partial charge in [-0.05, 0) is 36.4 Å². The molecule has 0 saturated heterocycles. The van der Waals surface area contributed by atoms with Crippen molar-refractivity contribution in [1.29, 1.82) is 0 Å². The van der Waals surface area contributed by atoms with Gasteiger partial charge in [0.1, 0.15) is 23.0 Å². The zero-order valence-electron chi connectivity index (χ0n) is 15.6. The Morgan fingerprint density at radius 1 is 1.14 bits per heavy atom. The van der Waals surface area contributed by atoms with Gasteiger partial charge in [0.15, 0.2) is 0 Å². The maximum Gasteiger partial charge on any atom is 0.273 e. The third-order valence-corrected chi connectivity index (χ3v) is 3.98. The van der Waals surface area contributed by atoms with Gasteiger partial charge >= 0.3 is 0 Å². The number of nitrogens with one attached hydrogen (secondary N) is 1. The molecule has 0 fully saturated rings. The van der Waals surface area contributed by atoms with E-state index < -0.39 is 10.8 Å². The van der Waals surface area contributed by atoms with Gasteiger partial charge in [0, 0.05) is 11.6 Å². The Morgan fingerprint density at radius 3 is 2.69 bits per heavy atom. The lowest BCUT2D eigenvalue weighted by Crippen LogP contribution is -2.17. The minimum Gasteiger partial charge on any atom is -0.497 e. The topological polar surface area (TPSA) is 116 Å². The van der Waals surface area contributed by atoms with Crippen LogP contribution in [0.2, 0.25) is 0 Å². The van der Waals surface area contributed by atoms with Crippen molar-refractivity contribution in [1.82, 2.24) is 5.43 Å². The lowest BCUT2D eigenvalue weighted by molar-refractivity contribution is -0.384. The van der Waals surface area contributed by atoms with Crippen LogP contribution >= 0.6 is 0 Å². The van der Waals surface area contributed by atoms with Crippen molar-refractivity contribution in [3.63, 3.8) is 0 Å². The number of hydrogen-bond donors (Lipinski definition) is 1. The first-order valence-electron chi connectivity index (χ1n) is 8.42. The molecule has 0 aliphatic rings. The lowest BCUT2D eigenvalue weighted by atomic mass is 10.1. The highest BCUT2D eigenvalue weighted by Gasteiger charge is 2.15. The molecule has 9 nitrogen and oxygen atoms in total. The third kappa shape index (κ3) is 4.59. The van der Waals surface area contributed by atoms with Crippen molar-refractivity contribution in [2.24, 2.45) is 5.10 Å². The number of nitro groups is 1. The smallest absolute Gasteiger partial charge is 0.273 e. The molecule has 2 aromatic carbocycles. The van der Waals surface area contributed by atoms with Crippen LogP contribution in [0.3, 0.4) is 0 Å². The molecular formula is C20H17N3O6. The van der Waals surface area contributed by atoms with Crippen molar-refractivity contribution < 1.29 is 23.6 Å². The maximum atomic E-state index is 12.1. The Bertz CT molecular complexity index is 1070. The first-order valence-corrected chi connectivity index (χ1v) is 8.42. The number of rotatable bonds is 7. The number of hydrazone groups is 1. The van der Waals surface area contributed by atoms with E-state index in [0.717, 1.165) is 0 Å². The second-order valence-electron chi connectivity index (χ2n) is 5.77. The SMILES string of the molecule is COc1cccc(C(=O)N/N=C\c2ccc(-c3ccc([N+](=O)[O-])cc3OC)o2)c1. The zero-order valence-corrected chi connectivity index (χ0v) is 15.6. The van der Waals surface area contributed by atoms with Gasteiger partial charge in [-0.3, -0.25) is 14.9 Å². The van der Waals surface area contributed by atoms with Crippen LogP contribution in [0.15, 0.2) is 64.1 Å². The number of nitrogens with zero attached hydrogens (tertiary/aromatic N) is 2. The molecule has 0 bridgehead atoms. The average molecular weight is 395 g/mol. The Hall–Kier alpha value is -4.14. The van der Waals surface area contributed by atoms with Gasteiger partial charge in [-0.15, -0.1) is 0 Å². The summed E-state index contributed by atoms with van der Waals surface area (Å²) in [7, 11) is 2.94. The molecule has 1 aromatic heterocycles. The van der Waals surface area contributed by atoms with Crippen molar-refractivity contribution >= 4 is 17.8 Å². The second kappa shape index (κ2) is 8.70. The number of carbonyl (C=O) groups is 1. The number of hydrogen-bond acceptors (Lipinski definition) is 7. The Labute approximate surface area is 165 Å². The van der Waals surface area contributed by atoms with E-state index in [4.69, 9.17) is 13.9 Å². The molecule has 148 valence electrons. The summed E-state index contributed by atoms with van der Waals surface area (Å²) in [5.41, 5.74) is 3.28. The minimum atomic E-state index is -0.502. The number of carbonyl (C=O) groups excluding carboxylic acids is 1. The summed E-state index contributed by atoms with van der Waals surface area (Å²) >= 11 is 0. The van der Waals surface area contributed by atoms with Crippen molar-refractivity contribution in [3.05, 3.63) is 76.0 Å². The molecule has 3 aromatic rings. The van der Waals surface area contributed by atoms with E-state index in [0.29, 0.717) is 34.1 Å². The zero-order chi connectivity index (χ0) is 20.8. The largest absolute Gasteiger partial charge is 0.497 e. The van der Waals surface area contributed by atoms with Crippen molar-refractivity contribution in [3.8, 4) is 22.8 Å². The van der Waals surface area contributed by atoms with Crippen LogP contribution in [-0.4, -0.2) is 31.3 Å². The highest BCUT2D eigenvalue weighted by Crippen LogP contribution is 2.34. The van der Waals surface area contributed by atoms with E-state index in [9.17, 15) is 14.9 Å². The Balaban J connectivity index is 1.72. The average Bonchev–Trinajstić information content (AvgIpc) is 3.21. The molecule has 0 saturated carbocycles. The quantitative estimate of drug-likeness (QED) is 0.371. The number of amides is 1. The van der Waals surface area contributed by atoms with E-state index in [2.05, 4.69) is 10.5 Å². The van der Waals surface area contributed by atoms with Crippen LogP contribution in [0.25, 0.3) is 11.3 Å². The fourth-order valence-corrected chi connectivity index (χ4v) is 2.55. The molecule has 0 radical (unpaired) electrons. The van der Waals surface area contributed by atoms with Crippen LogP contribution in [-0.2, 0) is 0 Å². The molecule has 0 aliphatic carbocycles. The summed E-state index contributed by atoms with van der Waals surface area (Å²) in [6.07, 6.45) is 1.35. The predicted molar refractivity (Wildman–Crippen MR) is 105 cm³/mol. The van der Waals surface area contributed by atoms with Crippen molar-refractivity contribution in [2.45, 2.75) is 0 Å². The second-order valence-corrected chi connectivity index (χ2v) is 5.77. The molecule has 1 heterocycles. The third-order valence-electron chi connectivity index (χ3n) is 3.98. The predicted octanol–water partition coefficient (Wildman–Crippen LogP) is 3.64. The number of methoxy groups -OCH3 is 2. The van der Waals surface area contributed by atoms with Gasteiger partial charge < -0.3 is 13.9 Å². The van der Waals surface area contributed by atoms with E-state index in [1.165, 1.54) is 32.6 Å². The Kier molecular flexibility index (Phi) is 5.88. The lowest BCUT2D eigenvalue weighted by Gasteiger charge is -2.05. The molecule has 0 unspecified atom stereocenters. The number of non-ortho nitro benzene ring substituents is 1. The summed E-state index contributed by atoms with van der Waals surface area (Å²) in [5, 5.41) is 14.8. The molecule has 29 heavy (non-hydrogen) atoms. The van der Waals surface area contributed by atoms with E-state index in [1.54, 1.807) is 42.5 Å². The van der Waals surface area contributed by atoms with Gasteiger partial charge in [-0.1, -0.05) is 6.07 Å². The number of benzene rings is 2. The van der Waals surface area contributed by atoms with Crippen LogP contribution in [0.4, 0.5) is 5.69 Å². The molecule has 0 aliphatic heterocycles. The molecule has 1 amide bonds. The van der Waals surface area contributed by atoms with Crippen LogP contribution in [0.5, 0.6) is 11.5 Å². The molecule has 0 atom stereocenters. The summed E-state index contributed by atoms with van der Waals surface area (Å²) in [6.45, 7) is 0. The van der Waals surface area contributed by atoms with Crippen LogP contribution < -0.4 is 14.9 Å². The first-order chi connectivity index (χ1) is 14.0. The number of nitro benzene ring substituents is 1. The maximum absolute atomic E-state index is 12.1. The van der Waals surface area contributed by atoms with Crippen molar-refractivity contribution in [2.75, 3.05) is 14.2 Å². The van der Waals surface area contributed by atoms with E-state index >= 15 is 0 Å². The Morgan fingerprint density at radius 2 is 1.97 bits per heavy atom. The standard InChI is InChI=1S/C20H17N3O6/c1-27-15-5-3-4-13(10-15)20(24)22-21-12-16-7-9-18(29-16)17-8-6-14(23(25)26)11-19(17)28-2/h3-12H,1-2H3,(H,22,24)/b21-12-. The number of furan rings is 1. The normalized spacial score (nSPS) is 10.7. The highest BCUT2D eigenvalue weighted by molar-refractivity contribution is 5.95. The fraction of sp³-hybridized carbons (Fsp3) is 0.100. The van der Waals surface area contributed by atoms with Crippen LogP contribution in [0.1, 0.15) is 16.1 Å².